The van der Waals surface area contributed by atoms with Crippen LogP contribution in [0.25, 0.3) is 0 Å². The van der Waals surface area contributed by atoms with Crippen LogP contribution in [0.3, 0.4) is 0 Å². The average molecular weight is 429 g/mol. The van der Waals surface area contributed by atoms with E-state index in [0.717, 1.165) is 11.8 Å². The average Bonchev–Trinajstić information content (AvgIpc) is 2.77. The van der Waals surface area contributed by atoms with Crippen molar-refractivity contribution in [2.75, 3.05) is 22.4 Å². The summed E-state index contributed by atoms with van der Waals surface area (Å²) in [4.78, 5) is 12.7. The number of nitrogens with one attached hydrogen (secondary N) is 1. The Hall–Kier alpha value is -1.96. The summed E-state index contributed by atoms with van der Waals surface area (Å²) < 4.78 is 31.3. The molecule has 2 aromatic carbocycles. The number of carbonyl (C=O) groups is 1. The molecule has 1 heterocycles. The van der Waals surface area contributed by atoms with E-state index in [9.17, 15) is 13.2 Å². The fraction of sp³-hybridized carbons (Fsp3) is 0.278. The highest BCUT2D eigenvalue weighted by Crippen LogP contribution is 2.36. The number of ether oxygens (including phenoxy) is 1. The number of fused-ring (bicyclic) bond motifs is 1. The van der Waals surface area contributed by atoms with Gasteiger partial charge in [0.2, 0.25) is 10.0 Å². The minimum Gasteiger partial charge on any atom is -0.478 e. The van der Waals surface area contributed by atoms with Crippen molar-refractivity contribution in [2.45, 2.75) is 19.4 Å². The predicted octanol–water partition coefficient (Wildman–Crippen LogP) is 3.86. The molecule has 0 fully saturated rings. The van der Waals surface area contributed by atoms with E-state index in [4.69, 9.17) is 27.9 Å². The normalized spacial score (nSPS) is 16.9. The fourth-order valence-corrected chi connectivity index (χ4v) is 4.06. The monoisotopic (exact) mass is 428 g/mol. The molecular formula is C18H18Cl2N2O4S. The number of halogens is 2. The smallest absolute Gasteiger partial charge is 0.265 e. The van der Waals surface area contributed by atoms with Gasteiger partial charge < -0.3 is 10.1 Å². The van der Waals surface area contributed by atoms with Crippen LogP contribution in [0.2, 0.25) is 10.0 Å². The molecule has 144 valence electrons. The van der Waals surface area contributed by atoms with Crippen molar-refractivity contribution >= 4 is 50.5 Å². The topological polar surface area (TPSA) is 75.7 Å². The molecule has 1 N–H and O–H groups in total. The number of hydrogen-bond donors (Lipinski definition) is 1. The van der Waals surface area contributed by atoms with Crippen LogP contribution in [0.5, 0.6) is 5.75 Å². The molecule has 0 bridgehead atoms. The molecule has 0 saturated carbocycles. The number of aryl methyl sites for hydroxylation is 1. The zero-order valence-corrected chi connectivity index (χ0v) is 17.0. The summed E-state index contributed by atoms with van der Waals surface area (Å²) in [5.41, 5.74) is 1.76. The fourth-order valence-electron chi connectivity index (χ4n) is 2.77. The van der Waals surface area contributed by atoms with E-state index >= 15 is 0 Å². The van der Waals surface area contributed by atoms with Crippen molar-refractivity contribution in [3.63, 3.8) is 0 Å². The van der Waals surface area contributed by atoms with Gasteiger partial charge in [-0.25, -0.2) is 8.42 Å². The highest BCUT2D eigenvalue weighted by molar-refractivity contribution is 7.92. The second kappa shape index (κ2) is 7.58. The summed E-state index contributed by atoms with van der Waals surface area (Å²) in [6.07, 6.45) is 0.425. The molecule has 0 spiro atoms. The molecule has 1 atom stereocenters. The van der Waals surface area contributed by atoms with Gasteiger partial charge in [0.05, 0.1) is 11.9 Å². The molecule has 2 aromatic rings. The third-order valence-corrected chi connectivity index (χ3v) is 6.01. The van der Waals surface area contributed by atoms with Gasteiger partial charge in [0.25, 0.3) is 5.91 Å². The minimum absolute atomic E-state index is 0.0961. The Bertz CT molecular complexity index is 995. The number of amides is 1. The van der Waals surface area contributed by atoms with Crippen LogP contribution in [0.15, 0.2) is 36.4 Å². The molecule has 6 nitrogen and oxygen atoms in total. The molecule has 1 amide bonds. The van der Waals surface area contributed by atoms with Gasteiger partial charge in [-0.3, -0.25) is 9.10 Å². The number of benzene rings is 2. The van der Waals surface area contributed by atoms with Crippen molar-refractivity contribution in [3.8, 4) is 5.75 Å². The van der Waals surface area contributed by atoms with Gasteiger partial charge >= 0.3 is 0 Å². The summed E-state index contributed by atoms with van der Waals surface area (Å²) in [6, 6.07) is 9.85. The Balaban J connectivity index is 1.87. The maximum Gasteiger partial charge on any atom is 0.265 e. The van der Waals surface area contributed by atoms with E-state index in [1.54, 1.807) is 30.3 Å². The SMILES string of the molecule is Cc1ccc(NC(=O)[C@H]2CCN(S(C)(=O)=O)c3cc(Cl)ccc3O2)cc1Cl. The third kappa shape index (κ3) is 4.48. The van der Waals surface area contributed by atoms with Crippen LogP contribution in [0.4, 0.5) is 11.4 Å². The first-order valence-electron chi connectivity index (χ1n) is 8.16. The van der Waals surface area contributed by atoms with Gasteiger partial charge in [-0.05, 0) is 42.8 Å². The largest absolute Gasteiger partial charge is 0.478 e. The zero-order chi connectivity index (χ0) is 19.8. The van der Waals surface area contributed by atoms with Crippen LogP contribution < -0.4 is 14.4 Å². The molecule has 9 heteroatoms. The van der Waals surface area contributed by atoms with Crippen LogP contribution in [0.1, 0.15) is 12.0 Å². The van der Waals surface area contributed by atoms with Crippen molar-refractivity contribution in [3.05, 3.63) is 52.0 Å². The van der Waals surface area contributed by atoms with Crippen molar-refractivity contribution in [1.82, 2.24) is 0 Å². The van der Waals surface area contributed by atoms with Gasteiger partial charge in [-0.15, -0.1) is 0 Å². The number of hydrogen-bond acceptors (Lipinski definition) is 4. The highest BCUT2D eigenvalue weighted by atomic mass is 35.5. The molecule has 0 aromatic heterocycles. The molecular weight excluding hydrogens is 411 g/mol. The van der Waals surface area contributed by atoms with Crippen LogP contribution in [-0.4, -0.2) is 33.2 Å². The lowest BCUT2D eigenvalue weighted by molar-refractivity contribution is -0.122. The lowest BCUT2D eigenvalue weighted by Crippen LogP contribution is -2.35. The molecule has 27 heavy (non-hydrogen) atoms. The quantitative estimate of drug-likeness (QED) is 0.804. The maximum atomic E-state index is 12.7. The van der Waals surface area contributed by atoms with Gasteiger partial charge in [0.1, 0.15) is 5.75 Å². The van der Waals surface area contributed by atoms with Crippen molar-refractivity contribution in [1.29, 1.82) is 0 Å². The molecule has 3 rings (SSSR count). The number of carbonyl (C=O) groups excluding carboxylic acids is 1. The van der Waals surface area contributed by atoms with E-state index in [-0.39, 0.29) is 24.6 Å². The first-order valence-corrected chi connectivity index (χ1v) is 10.8. The van der Waals surface area contributed by atoms with Crippen LogP contribution in [-0.2, 0) is 14.8 Å². The van der Waals surface area contributed by atoms with E-state index in [1.165, 1.54) is 10.4 Å². The summed E-state index contributed by atoms with van der Waals surface area (Å²) >= 11 is 12.1. The van der Waals surface area contributed by atoms with E-state index in [1.807, 2.05) is 6.92 Å². The second-order valence-electron chi connectivity index (χ2n) is 6.30. The molecule has 1 aliphatic rings. The minimum atomic E-state index is -3.55. The van der Waals surface area contributed by atoms with E-state index in [2.05, 4.69) is 5.32 Å². The van der Waals surface area contributed by atoms with Gasteiger partial charge in [0.15, 0.2) is 6.10 Å². The molecule has 1 aliphatic heterocycles. The number of rotatable bonds is 3. The maximum absolute atomic E-state index is 12.7. The van der Waals surface area contributed by atoms with Gasteiger partial charge in [0, 0.05) is 28.7 Å². The summed E-state index contributed by atoms with van der Waals surface area (Å²) in [6.45, 7) is 1.96. The second-order valence-corrected chi connectivity index (χ2v) is 9.05. The first-order chi connectivity index (χ1) is 12.6. The van der Waals surface area contributed by atoms with Gasteiger partial charge in [-0.1, -0.05) is 29.3 Å². The summed E-state index contributed by atoms with van der Waals surface area (Å²) in [5.74, 6) is -0.101. The van der Waals surface area contributed by atoms with Crippen molar-refractivity contribution < 1.29 is 17.9 Å². The van der Waals surface area contributed by atoms with E-state index < -0.39 is 16.1 Å². The van der Waals surface area contributed by atoms with Gasteiger partial charge in [-0.2, -0.15) is 0 Å². The summed E-state index contributed by atoms with van der Waals surface area (Å²) in [7, 11) is -3.55. The highest BCUT2D eigenvalue weighted by Gasteiger charge is 2.31. The molecule has 0 saturated heterocycles. The lowest BCUT2D eigenvalue weighted by Gasteiger charge is -2.21. The number of sulfonamides is 1. The number of anilines is 2. The standard InChI is InChI=1S/C18H18Cl2N2O4S/c1-11-3-5-13(10-14(11)20)21-18(23)17-7-8-22(27(2,24)25)15-9-12(19)4-6-16(15)26-17/h3-6,9-10,17H,7-8H2,1-2H3,(H,21,23)/t17-/m1/s1. The Morgan fingerprint density at radius 3 is 2.63 bits per heavy atom. The zero-order valence-electron chi connectivity index (χ0n) is 14.7. The first kappa shape index (κ1) is 19.8. The Labute approximate surface area is 168 Å². The lowest BCUT2D eigenvalue weighted by atomic mass is 10.2. The van der Waals surface area contributed by atoms with Crippen molar-refractivity contribution in [2.24, 2.45) is 0 Å². The molecule has 0 aliphatic carbocycles. The van der Waals surface area contributed by atoms with Crippen LogP contribution >= 0.6 is 23.2 Å². The Morgan fingerprint density at radius 2 is 1.96 bits per heavy atom. The Morgan fingerprint density at radius 1 is 1.22 bits per heavy atom. The molecule has 0 radical (unpaired) electrons. The van der Waals surface area contributed by atoms with E-state index in [0.29, 0.717) is 21.4 Å². The van der Waals surface area contributed by atoms with Crippen LogP contribution in [0, 0.1) is 6.92 Å². The number of nitrogens with zero attached hydrogens (tertiary/aromatic N) is 1. The third-order valence-electron chi connectivity index (χ3n) is 4.19. The predicted molar refractivity (Wildman–Crippen MR) is 107 cm³/mol. The Kier molecular flexibility index (Phi) is 5.55. The molecule has 0 unspecified atom stereocenters. The summed E-state index contributed by atoms with van der Waals surface area (Å²) in [5, 5.41) is 3.68.